The van der Waals surface area contributed by atoms with Crippen LogP contribution in [0.5, 0.6) is 5.75 Å². The molecule has 3 heteroatoms. The monoisotopic (exact) mass is 329 g/mol. The molecule has 0 unspecified atom stereocenters. The smallest absolute Gasteiger partial charge is 0.123 e. The Balaban J connectivity index is 1.69. The van der Waals surface area contributed by atoms with E-state index in [0.717, 1.165) is 37.4 Å². The topological polar surface area (TPSA) is 21.3 Å². The molecule has 0 bridgehead atoms. The number of halogens is 1. The Labute approximate surface area is 145 Å². The maximum absolute atomic E-state index is 12.9. The van der Waals surface area contributed by atoms with Crippen molar-refractivity contribution in [1.29, 1.82) is 0 Å². The van der Waals surface area contributed by atoms with Crippen LogP contribution in [0.3, 0.4) is 0 Å². The summed E-state index contributed by atoms with van der Waals surface area (Å²) >= 11 is 0. The molecule has 2 nitrogen and oxygen atoms in total. The second-order valence-electron chi connectivity index (χ2n) is 6.14. The Kier molecular flexibility index (Phi) is 8.33. The number of hydrogen-bond acceptors (Lipinski definition) is 2. The largest absolute Gasteiger partial charge is 0.494 e. The summed E-state index contributed by atoms with van der Waals surface area (Å²) in [5, 5.41) is 3.38. The molecular weight excluding hydrogens is 301 g/mol. The lowest BCUT2D eigenvalue weighted by Gasteiger charge is -2.09. The Bertz CT molecular complexity index is 583. The number of rotatable bonds is 11. The van der Waals surface area contributed by atoms with Crippen LogP contribution >= 0.6 is 0 Å². The van der Waals surface area contributed by atoms with Crippen molar-refractivity contribution in [2.45, 2.75) is 52.1 Å². The van der Waals surface area contributed by atoms with Crippen molar-refractivity contribution < 1.29 is 9.13 Å². The standard InChI is InChI=1S/C21H28FNO/c1-2-3-4-5-6-14-24-21-9-7-8-19(15-21)17-23-16-18-10-12-20(22)13-11-18/h7-13,15,23H,2-6,14,16-17H2,1H3. The molecule has 0 heterocycles. The fourth-order valence-corrected chi connectivity index (χ4v) is 2.59. The molecule has 2 aromatic rings. The summed E-state index contributed by atoms with van der Waals surface area (Å²) in [4.78, 5) is 0. The average molecular weight is 329 g/mol. The SMILES string of the molecule is CCCCCCCOc1cccc(CNCc2ccc(F)cc2)c1. The van der Waals surface area contributed by atoms with Crippen molar-refractivity contribution >= 4 is 0 Å². The van der Waals surface area contributed by atoms with E-state index < -0.39 is 0 Å². The zero-order valence-electron chi connectivity index (χ0n) is 14.6. The van der Waals surface area contributed by atoms with Crippen LogP contribution in [0.4, 0.5) is 4.39 Å². The second-order valence-corrected chi connectivity index (χ2v) is 6.14. The minimum atomic E-state index is -0.196. The lowest BCUT2D eigenvalue weighted by atomic mass is 10.1. The van der Waals surface area contributed by atoms with E-state index >= 15 is 0 Å². The van der Waals surface area contributed by atoms with E-state index in [4.69, 9.17) is 4.74 Å². The lowest BCUT2D eigenvalue weighted by Crippen LogP contribution is -2.12. The third kappa shape index (κ3) is 7.14. The van der Waals surface area contributed by atoms with E-state index in [1.165, 1.54) is 43.4 Å². The Hall–Kier alpha value is -1.87. The second kappa shape index (κ2) is 10.8. The summed E-state index contributed by atoms with van der Waals surface area (Å²) in [5.74, 6) is 0.741. The van der Waals surface area contributed by atoms with Gasteiger partial charge in [-0.25, -0.2) is 4.39 Å². The van der Waals surface area contributed by atoms with Gasteiger partial charge >= 0.3 is 0 Å². The Morgan fingerprint density at radius 1 is 0.875 bits per heavy atom. The van der Waals surface area contributed by atoms with Gasteiger partial charge in [0, 0.05) is 13.1 Å². The molecule has 0 spiro atoms. The third-order valence-corrected chi connectivity index (χ3v) is 3.99. The van der Waals surface area contributed by atoms with E-state index in [1.807, 2.05) is 12.1 Å². The molecular formula is C21H28FNO. The molecule has 2 aromatic carbocycles. The summed E-state index contributed by atoms with van der Waals surface area (Å²) in [7, 11) is 0. The highest BCUT2D eigenvalue weighted by Crippen LogP contribution is 2.14. The predicted octanol–water partition coefficient (Wildman–Crippen LogP) is 5.46. The molecule has 2 rings (SSSR count). The van der Waals surface area contributed by atoms with Crippen molar-refractivity contribution in [3.63, 3.8) is 0 Å². The van der Waals surface area contributed by atoms with Crippen LogP contribution in [0.2, 0.25) is 0 Å². The van der Waals surface area contributed by atoms with Crippen molar-refractivity contribution in [3.8, 4) is 5.75 Å². The van der Waals surface area contributed by atoms with E-state index in [2.05, 4.69) is 24.4 Å². The van der Waals surface area contributed by atoms with Crippen LogP contribution in [-0.4, -0.2) is 6.61 Å². The molecule has 0 radical (unpaired) electrons. The van der Waals surface area contributed by atoms with Gasteiger partial charge in [0.25, 0.3) is 0 Å². The van der Waals surface area contributed by atoms with E-state index in [9.17, 15) is 4.39 Å². The van der Waals surface area contributed by atoms with Gasteiger partial charge in [0.15, 0.2) is 0 Å². The van der Waals surface area contributed by atoms with Gasteiger partial charge in [0.1, 0.15) is 11.6 Å². The molecule has 0 fully saturated rings. The molecule has 0 aliphatic carbocycles. The zero-order chi connectivity index (χ0) is 17.0. The first-order valence-corrected chi connectivity index (χ1v) is 8.95. The molecule has 0 saturated carbocycles. The summed E-state index contributed by atoms with van der Waals surface area (Å²) in [6.45, 7) is 4.51. The number of hydrogen-bond donors (Lipinski definition) is 1. The highest BCUT2D eigenvalue weighted by atomic mass is 19.1. The summed E-state index contributed by atoms with van der Waals surface area (Å²) in [5.41, 5.74) is 2.27. The Morgan fingerprint density at radius 3 is 2.42 bits per heavy atom. The van der Waals surface area contributed by atoms with Gasteiger partial charge in [-0.05, 0) is 41.8 Å². The van der Waals surface area contributed by atoms with Crippen molar-refractivity contribution in [1.82, 2.24) is 5.32 Å². The normalized spacial score (nSPS) is 10.8. The van der Waals surface area contributed by atoms with Gasteiger partial charge in [-0.2, -0.15) is 0 Å². The molecule has 0 aliphatic heterocycles. The first kappa shape index (κ1) is 18.5. The lowest BCUT2D eigenvalue weighted by molar-refractivity contribution is 0.304. The van der Waals surface area contributed by atoms with Crippen LogP contribution in [-0.2, 0) is 13.1 Å². The van der Waals surface area contributed by atoms with Gasteiger partial charge in [0.05, 0.1) is 6.61 Å². The van der Waals surface area contributed by atoms with Gasteiger partial charge in [-0.1, -0.05) is 56.9 Å². The molecule has 0 amide bonds. The fraction of sp³-hybridized carbons (Fsp3) is 0.429. The van der Waals surface area contributed by atoms with Gasteiger partial charge < -0.3 is 10.1 Å². The quantitative estimate of drug-likeness (QED) is 0.552. The molecule has 0 aromatic heterocycles. The number of benzene rings is 2. The number of nitrogens with one attached hydrogen (secondary N) is 1. The van der Waals surface area contributed by atoms with E-state index in [-0.39, 0.29) is 5.82 Å². The van der Waals surface area contributed by atoms with Crippen LogP contribution in [0.15, 0.2) is 48.5 Å². The van der Waals surface area contributed by atoms with Crippen LogP contribution in [0.25, 0.3) is 0 Å². The predicted molar refractivity (Wildman–Crippen MR) is 97.6 cm³/mol. The van der Waals surface area contributed by atoms with Crippen LogP contribution < -0.4 is 10.1 Å². The number of ether oxygens (including phenoxy) is 1. The highest BCUT2D eigenvalue weighted by molar-refractivity contribution is 5.28. The summed E-state index contributed by atoms with van der Waals surface area (Å²) < 4.78 is 18.7. The molecule has 130 valence electrons. The minimum Gasteiger partial charge on any atom is -0.494 e. The maximum atomic E-state index is 12.9. The van der Waals surface area contributed by atoms with E-state index in [0.29, 0.717) is 0 Å². The van der Waals surface area contributed by atoms with Crippen molar-refractivity contribution in [2.24, 2.45) is 0 Å². The van der Waals surface area contributed by atoms with Gasteiger partial charge in [-0.15, -0.1) is 0 Å². The fourth-order valence-electron chi connectivity index (χ4n) is 2.59. The highest BCUT2D eigenvalue weighted by Gasteiger charge is 1.99. The molecule has 0 saturated heterocycles. The molecule has 24 heavy (non-hydrogen) atoms. The first-order chi connectivity index (χ1) is 11.8. The first-order valence-electron chi connectivity index (χ1n) is 8.95. The summed E-state index contributed by atoms with van der Waals surface area (Å²) in [6, 6.07) is 14.8. The van der Waals surface area contributed by atoms with E-state index in [1.54, 1.807) is 12.1 Å². The summed E-state index contributed by atoms with van der Waals surface area (Å²) in [6.07, 6.45) is 6.25. The molecule has 0 aliphatic rings. The average Bonchev–Trinajstić information content (AvgIpc) is 2.60. The molecule has 1 N–H and O–H groups in total. The Morgan fingerprint density at radius 2 is 1.62 bits per heavy atom. The third-order valence-electron chi connectivity index (χ3n) is 3.99. The van der Waals surface area contributed by atoms with Crippen molar-refractivity contribution in [2.75, 3.05) is 6.61 Å². The van der Waals surface area contributed by atoms with Crippen LogP contribution in [0.1, 0.15) is 50.2 Å². The van der Waals surface area contributed by atoms with Gasteiger partial charge in [-0.3, -0.25) is 0 Å². The van der Waals surface area contributed by atoms with Crippen molar-refractivity contribution in [3.05, 3.63) is 65.5 Å². The number of unbranched alkanes of at least 4 members (excludes halogenated alkanes) is 4. The maximum Gasteiger partial charge on any atom is 0.123 e. The zero-order valence-corrected chi connectivity index (χ0v) is 14.6. The minimum absolute atomic E-state index is 0.196. The molecule has 0 atom stereocenters. The van der Waals surface area contributed by atoms with Gasteiger partial charge in [0.2, 0.25) is 0 Å². The van der Waals surface area contributed by atoms with Crippen LogP contribution in [0, 0.1) is 5.82 Å².